The molecule has 2 saturated carbocycles. The van der Waals surface area contributed by atoms with Gasteiger partial charge in [-0.2, -0.15) is 11.3 Å². The van der Waals surface area contributed by atoms with E-state index < -0.39 is 0 Å². The van der Waals surface area contributed by atoms with Crippen LogP contribution in [0.25, 0.3) is 22.4 Å². The van der Waals surface area contributed by atoms with Gasteiger partial charge in [0.2, 0.25) is 5.91 Å². The summed E-state index contributed by atoms with van der Waals surface area (Å²) in [5.41, 5.74) is 13.5. The Balaban J connectivity index is 0.000000270. The first-order valence-corrected chi connectivity index (χ1v) is 15.4. The summed E-state index contributed by atoms with van der Waals surface area (Å²) < 4.78 is 2.40. The minimum atomic E-state index is -0.159. The van der Waals surface area contributed by atoms with Gasteiger partial charge in [-0.05, 0) is 85.8 Å². The summed E-state index contributed by atoms with van der Waals surface area (Å²) in [6, 6.07) is 11.3. The molecule has 2 aliphatic carbocycles. The van der Waals surface area contributed by atoms with Crippen LogP contribution < -0.4 is 11.1 Å². The van der Waals surface area contributed by atoms with Crippen LogP contribution in [0.5, 0.6) is 0 Å². The topological polar surface area (TPSA) is 71.2 Å². The number of hydrogen-bond donors (Lipinski definition) is 2. The molecule has 2 heterocycles. The molecule has 198 valence electrons. The Morgan fingerprint density at radius 1 is 1.11 bits per heavy atom. The van der Waals surface area contributed by atoms with Gasteiger partial charge in [-0.15, -0.1) is 0 Å². The quantitative estimate of drug-likeness (QED) is 0.317. The second-order valence-corrected chi connectivity index (χ2v) is 12.1. The van der Waals surface area contributed by atoms with Crippen molar-refractivity contribution in [3.8, 4) is 22.4 Å². The molecule has 0 saturated heterocycles. The zero-order valence-electron chi connectivity index (χ0n) is 22.5. The maximum absolute atomic E-state index is 11.4. The lowest BCUT2D eigenvalue weighted by molar-refractivity contribution is -0.114. The van der Waals surface area contributed by atoms with E-state index in [-0.39, 0.29) is 11.4 Å². The highest BCUT2D eigenvalue weighted by atomic mass is 32.2. The molecule has 0 radical (unpaired) electrons. The van der Waals surface area contributed by atoms with Crippen molar-refractivity contribution >= 4 is 34.9 Å². The lowest BCUT2D eigenvalue weighted by Gasteiger charge is -2.38. The number of rotatable bonds is 6. The number of aryl methyl sites for hydroxylation is 1. The molecule has 0 bridgehead atoms. The average molecular weight is 537 g/mol. The third kappa shape index (κ3) is 6.82. The Bertz CT molecular complexity index is 1180. The van der Waals surface area contributed by atoms with Crippen LogP contribution in [0.3, 0.4) is 0 Å². The van der Waals surface area contributed by atoms with Crippen LogP contribution >= 0.6 is 23.3 Å². The Morgan fingerprint density at radius 2 is 1.81 bits per heavy atom. The minimum Gasteiger partial charge on any atom is -0.325 e. The predicted octanol–water partition coefficient (Wildman–Crippen LogP) is 7.61. The summed E-state index contributed by atoms with van der Waals surface area (Å²) in [7, 11) is 2.21. The number of aromatic nitrogens is 1. The molecule has 2 fully saturated rings. The summed E-state index contributed by atoms with van der Waals surface area (Å²) in [5, 5.41) is 7.09. The maximum atomic E-state index is 11.4. The highest BCUT2D eigenvalue weighted by Crippen LogP contribution is 2.40. The standard InChI is InChI=1S/C22H23N3OS.C8H17NS/c1-14-12-27-13-20(14)19-10-18(25-15(2)26)11-24-21(19)16-4-6-17(7-5-16)22(23)8-3-9-22;1-9(10-2)8-6-4-3-5-7-8/h4-7,10-13H,3,8-9,23H2,1-2H3,(H,25,26);8H,3-7H2,1-2H3. The van der Waals surface area contributed by atoms with Crippen molar-refractivity contribution < 1.29 is 4.79 Å². The van der Waals surface area contributed by atoms with Gasteiger partial charge < -0.3 is 11.1 Å². The van der Waals surface area contributed by atoms with E-state index in [1.165, 1.54) is 56.6 Å². The largest absolute Gasteiger partial charge is 0.325 e. The molecule has 0 spiro atoms. The number of anilines is 1. The minimum absolute atomic E-state index is 0.101. The Morgan fingerprint density at radius 3 is 2.35 bits per heavy atom. The molecular formula is C30H40N4OS2. The van der Waals surface area contributed by atoms with E-state index in [0.29, 0.717) is 5.69 Å². The average Bonchev–Trinajstić information content (AvgIpc) is 3.33. The van der Waals surface area contributed by atoms with E-state index in [2.05, 4.69) is 69.9 Å². The molecule has 7 heteroatoms. The van der Waals surface area contributed by atoms with Gasteiger partial charge in [0.1, 0.15) is 0 Å². The smallest absolute Gasteiger partial charge is 0.221 e. The molecule has 0 atom stereocenters. The number of thiophene rings is 1. The molecule has 1 aromatic carbocycles. The van der Waals surface area contributed by atoms with E-state index >= 15 is 0 Å². The van der Waals surface area contributed by atoms with E-state index in [9.17, 15) is 4.79 Å². The number of carbonyl (C=O) groups excluding carboxylic acids is 1. The second-order valence-electron chi connectivity index (χ2n) is 10.4. The van der Waals surface area contributed by atoms with Crippen LogP contribution in [-0.2, 0) is 10.3 Å². The fourth-order valence-corrected chi connectivity index (χ4v) is 6.57. The van der Waals surface area contributed by atoms with Gasteiger partial charge in [0, 0.05) is 29.6 Å². The van der Waals surface area contributed by atoms with E-state index in [0.717, 1.165) is 41.3 Å². The second kappa shape index (κ2) is 12.6. The van der Waals surface area contributed by atoms with Gasteiger partial charge in [-0.1, -0.05) is 55.5 Å². The van der Waals surface area contributed by atoms with Crippen LogP contribution in [0.15, 0.2) is 47.3 Å². The zero-order valence-corrected chi connectivity index (χ0v) is 24.2. The zero-order chi connectivity index (χ0) is 26.4. The number of carbonyl (C=O) groups is 1. The van der Waals surface area contributed by atoms with Gasteiger partial charge in [-0.3, -0.25) is 14.1 Å². The van der Waals surface area contributed by atoms with Crippen LogP contribution in [0.2, 0.25) is 0 Å². The first-order valence-electron chi connectivity index (χ1n) is 13.3. The predicted molar refractivity (Wildman–Crippen MR) is 160 cm³/mol. The van der Waals surface area contributed by atoms with Gasteiger partial charge in [0.15, 0.2) is 0 Å². The number of amides is 1. The summed E-state index contributed by atoms with van der Waals surface area (Å²) in [5.74, 6) is -0.101. The summed E-state index contributed by atoms with van der Waals surface area (Å²) in [6.45, 7) is 3.60. The molecule has 0 unspecified atom stereocenters. The number of nitrogens with two attached hydrogens (primary N) is 1. The first-order chi connectivity index (χ1) is 17.8. The van der Waals surface area contributed by atoms with Crippen molar-refractivity contribution in [1.29, 1.82) is 0 Å². The van der Waals surface area contributed by atoms with E-state index in [1.807, 2.05) is 18.0 Å². The van der Waals surface area contributed by atoms with Crippen molar-refractivity contribution in [2.24, 2.45) is 5.73 Å². The first kappa shape index (κ1) is 27.8. The molecular weight excluding hydrogens is 496 g/mol. The van der Waals surface area contributed by atoms with E-state index in [4.69, 9.17) is 5.73 Å². The number of nitrogens with one attached hydrogen (secondary N) is 1. The molecule has 3 aromatic rings. The monoisotopic (exact) mass is 536 g/mol. The highest BCUT2D eigenvalue weighted by molar-refractivity contribution is 7.96. The van der Waals surface area contributed by atoms with Gasteiger partial charge in [0.25, 0.3) is 0 Å². The molecule has 37 heavy (non-hydrogen) atoms. The third-order valence-electron chi connectivity index (χ3n) is 7.71. The highest BCUT2D eigenvalue weighted by Gasteiger charge is 2.34. The molecule has 1 amide bonds. The normalized spacial score (nSPS) is 17.0. The van der Waals surface area contributed by atoms with Crippen LogP contribution in [0.4, 0.5) is 5.69 Å². The van der Waals surface area contributed by atoms with Crippen molar-refractivity contribution in [2.75, 3.05) is 18.6 Å². The molecule has 2 aromatic heterocycles. The van der Waals surface area contributed by atoms with Gasteiger partial charge in [0.05, 0.1) is 17.6 Å². The lowest BCUT2D eigenvalue weighted by Crippen LogP contribution is -2.43. The lowest BCUT2D eigenvalue weighted by atomic mass is 9.72. The van der Waals surface area contributed by atoms with Crippen LogP contribution in [-0.4, -0.2) is 34.5 Å². The third-order valence-corrected chi connectivity index (χ3v) is 9.45. The van der Waals surface area contributed by atoms with Crippen molar-refractivity contribution in [3.63, 3.8) is 0 Å². The fraction of sp³-hybridized carbons (Fsp3) is 0.467. The SMILES string of the molecule is CC(=O)Nc1cnc(-c2ccc(C3(N)CCC3)cc2)c(-c2cscc2C)c1.CSN(C)C1CCCCC1. The molecule has 5 rings (SSSR count). The van der Waals surface area contributed by atoms with Crippen molar-refractivity contribution in [1.82, 2.24) is 9.29 Å². The summed E-state index contributed by atoms with van der Waals surface area (Å²) in [6.07, 6.45) is 14.3. The molecule has 0 aliphatic heterocycles. The number of nitrogens with zero attached hydrogens (tertiary/aromatic N) is 2. The molecule has 3 N–H and O–H groups in total. The number of benzene rings is 1. The van der Waals surface area contributed by atoms with Gasteiger partial charge >= 0.3 is 0 Å². The maximum Gasteiger partial charge on any atom is 0.221 e. The molecule has 2 aliphatic rings. The Hall–Kier alpha value is -2.19. The summed E-state index contributed by atoms with van der Waals surface area (Å²) >= 11 is 3.53. The summed E-state index contributed by atoms with van der Waals surface area (Å²) in [4.78, 5) is 16.1. The van der Waals surface area contributed by atoms with Crippen molar-refractivity contribution in [2.45, 2.75) is 76.8 Å². The fourth-order valence-electron chi connectivity index (χ4n) is 5.21. The molecule has 5 nitrogen and oxygen atoms in total. The number of hydrogen-bond acceptors (Lipinski definition) is 6. The van der Waals surface area contributed by atoms with Gasteiger partial charge in [-0.25, -0.2) is 0 Å². The number of pyridine rings is 1. The Labute approximate surface area is 230 Å². The Kier molecular flexibility index (Phi) is 9.46. The van der Waals surface area contributed by atoms with E-state index in [1.54, 1.807) is 17.5 Å². The van der Waals surface area contributed by atoms with Crippen molar-refractivity contribution in [3.05, 3.63) is 58.4 Å². The van der Waals surface area contributed by atoms with Crippen LogP contribution in [0, 0.1) is 6.92 Å². The van der Waals surface area contributed by atoms with Crippen LogP contribution in [0.1, 0.15) is 69.4 Å².